The lowest BCUT2D eigenvalue weighted by Crippen LogP contribution is -2.59. The largest absolute Gasteiger partial charge is 0.481 e. The van der Waals surface area contributed by atoms with Gasteiger partial charge in [-0.1, -0.05) is 13.8 Å². The molecule has 0 aliphatic carbocycles. The second kappa shape index (κ2) is 18.5. The van der Waals surface area contributed by atoms with E-state index in [1.165, 1.54) is 6.92 Å². The molecule has 0 fully saturated rings. The Bertz CT molecular complexity index is 913. The molecule has 0 bridgehead atoms. The van der Waals surface area contributed by atoms with Gasteiger partial charge in [0, 0.05) is 12.8 Å². The molecule has 12 N–H and O–H groups in total. The molecule has 40 heavy (non-hydrogen) atoms. The first-order chi connectivity index (χ1) is 18.6. The third kappa shape index (κ3) is 14.4. The van der Waals surface area contributed by atoms with Gasteiger partial charge in [-0.25, -0.2) is 4.79 Å². The quantitative estimate of drug-likeness (QED) is 0.0674. The summed E-state index contributed by atoms with van der Waals surface area (Å²) in [6, 6.07) is -6.07. The van der Waals surface area contributed by atoms with Gasteiger partial charge in [-0.05, 0) is 51.5 Å². The number of carboxylic acid groups (broad SMARTS) is 2. The van der Waals surface area contributed by atoms with Gasteiger partial charge in [-0.15, -0.1) is 0 Å². The number of aliphatic carboxylic acids is 2. The molecule has 0 aromatic heterocycles. The van der Waals surface area contributed by atoms with E-state index in [-0.39, 0.29) is 32.1 Å². The summed E-state index contributed by atoms with van der Waals surface area (Å²) in [5.41, 5.74) is 16.3. The van der Waals surface area contributed by atoms with Crippen LogP contribution in [0.5, 0.6) is 0 Å². The average molecular weight is 574 g/mol. The lowest BCUT2D eigenvalue weighted by atomic mass is 10.0. The van der Waals surface area contributed by atoms with E-state index in [1.54, 1.807) is 13.8 Å². The number of carbonyl (C=O) groups excluding carboxylic acids is 5. The Morgan fingerprint density at radius 2 is 1.30 bits per heavy atom. The van der Waals surface area contributed by atoms with E-state index < -0.39 is 77.6 Å². The first-order valence-corrected chi connectivity index (χ1v) is 13.0. The summed E-state index contributed by atoms with van der Waals surface area (Å²) in [5.74, 6) is -6.80. The van der Waals surface area contributed by atoms with E-state index in [9.17, 15) is 38.7 Å². The van der Waals surface area contributed by atoms with Crippen molar-refractivity contribution in [1.29, 1.82) is 0 Å². The van der Waals surface area contributed by atoms with Gasteiger partial charge in [0.25, 0.3) is 0 Å². The molecule has 5 atom stereocenters. The summed E-state index contributed by atoms with van der Waals surface area (Å²) in [5, 5.41) is 27.8. The molecule has 0 unspecified atom stereocenters. The van der Waals surface area contributed by atoms with Crippen LogP contribution in [0.25, 0.3) is 0 Å². The summed E-state index contributed by atoms with van der Waals surface area (Å²) in [4.78, 5) is 84.5. The Labute approximate surface area is 232 Å². The number of hydrogen-bond acceptors (Lipinski definition) is 9. The van der Waals surface area contributed by atoms with Gasteiger partial charge in [0.15, 0.2) is 0 Å². The van der Waals surface area contributed by atoms with Crippen LogP contribution in [0, 0.1) is 5.92 Å². The summed E-state index contributed by atoms with van der Waals surface area (Å²) >= 11 is 0. The Morgan fingerprint density at radius 1 is 0.700 bits per heavy atom. The van der Waals surface area contributed by atoms with Gasteiger partial charge >= 0.3 is 11.9 Å². The fourth-order valence-corrected chi connectivity index (χ4v) is 3.45. The molecule has 0 aromatic carbocycles. The van der Waals surface area contributed by atoms with Crippen LogP contribution < -0.4 is 38.5 Å². The fraction of sp³-hybridized carbons (Fsp3) is 0.708. The molecule has 0 aromatic rings. The molecule has 0 saturated heterocycles. The molecule has 0 aliphatic rings. The minimum absolute atomic E-state index is 0.100. The highest BCUT2D eigenvalue weighted by molar-refractivity contribution is 5.95. The van der Waals surface area contributed by atoms with Gasteiger partial charge in [0.2, 0.25) is 29.5 Å². The SMILES string of the molecule is CC(C)[C@H](NC(=O)[C@H](C)NC(=O)[C@@H](N)CCC(=O)O)C(=O)N[C@@H](CCC(N)=O)C(=O)N[C@@H](CCCCN)C(=O)O. The van der Waals surface area contributed by atoms with E-state index in [4.69, 9.17) is 22.3 Å². The van der Waals surface area contributed by atoms with Crippen molar-refractivity contribution in [3.8, 4) is 0 Å². The molecule has 5 amide bonds. The van der Waals surface area contributed by atoms with E-state index in [2.05, 4.69) is 21.3 Å². The van der Waals surface area contributed by atoms with Gasteiger partial charge < -0.3 is 48.7 Å². The normalized spacial score (nSPS) is 14.7. The maximum Gasteiger partial charge on any atom is 0.326 e. The number of nitrogens with one attached hydrogen (secondary N) is 4. The van der Waals surface area contributed by atoms with Crippen molar-refractivity contribution >= 4 is 41.5 Å². The summed E-state index contributed by atoms with van der Waals surface area (Å²) in [6.45, 7) is 4.92. The van der Waals surface area contributed by atoms with Crippen LogP contribution in [-0.2, 0) is 33.6 Å². The van der Waals surface area contributed by atoms with Crippen LogP contribution in [0.4, 0.5) is 0 Å². The van der Waals surface area contributed by atoms with E-state index >= 15 is 0 Å². The van der Waals surface area contributed by atoms with Crippen LogP contribution in [-0.4, -0.2) is 88.4 Å². The average Bonchev–Trinajstić information content (AvgIpc) is 2.86. The van der Waals surface area contributed by atoms with Crippen molar-refractivity contribution in [3.05, 3.63) is 0 Å². The second-order valence-electron chi connectivity index (χ2n) is 9.75. The van der Waals surface area contributed by atoms with Crippen LogP contribution in [0.1, 0.15) is 65.7 Å². The molecule has 228 valence electrons. The number of rotatable bonds is 20. The minimum atomic E-state index is -1.33. The first kappa shape index (κ1) is 36.2. The second-order valence-corrected chi connectivity index (χ2v) is 9.75. The highest BCUT2D eigenvalue weighted by Crippen LogP contribution is 2.08. The van der Waals surface area contributed by atoms with Gasteiger partial charge in [-0.2, -0.15) is 0 Å². The predicted molar refractivity (Wildman–Crippen MR) is 142 cm³/mol. The van der Waals surface area contributed by atoms with Crippen molar-refractivity contribution < 1.29 is 43.8 Å². The topological polar surface area (TPSA) is 286 Å². The summed E-state index contributed by atoms with van der Waals surface area (Å²) in [7, 11) is 0. The molecule has 0 spiro atoms. The standard InChI is InChI=1S/C24H43N7O9/c1-12(2)19(31-20(35)13(3)28-21(36)14(26)7-10-18(33)34)23(38)29-15(8-9-17(27)32)22(37)30-16(24(39)40)6-4-5-11-25/h12-16,19H,4-11,25-26H2,1-3H3,(H2,27,32)(H,28,36)(H,29,38)(H,30,37)(H,31,35)(H,33,34)(H,39,40)/t13-,14-,15-,16-,19-/m0/s1. The zero-order valence-corrected chi connectivity index (χ0v) is 23.1. The third-order valence-electron chi connectivity index (χ3n) is 5.88. The number of nitrogens with two attached hydrogens (primary N) is 3. The van der Waals surface area contributed by atoms with Crippen molar-refractivity contribution in [2.24, 2.45) is 23.1 Å². The Kier molecular flexibility index (Phi) is 16.7. The van der Waals surface area contributed by atoms with E-state index in [0.717, 1.165) is 0 Å². The Hall–Kier alpha value is -3.79. The van der Waals surface area contributed by atoms with E-state index in [0.29, 0.717) is 19.4 Å². The van der Waals surface area contributed by atoms with Gasteiger partial charge in [-0.3, -0.25) is 28.8 Å². The summed E-state index contributed by atoms with van der Waals surface area (Å²) in [6.07, 6.45) is 0.0992. The number of primary amides is 1. The zero-order valence-electron chi connectivity index (χ0n) is 23.1. The molecule has 16 heteroatoms. The molecule has 0 aliphatic heterocycles. The Balaban J connectivity index is 5.46. The molecular formula is C24H43N7O9. The van der Waals surface area contributed by atoms with Crippen molar-refractivity contribution in [2.75, 3.05) is 6.54 Å². The lowest BCUT2D eigenvalue weighted by Gasteiger charge is -2.27. The highest BCUT2D eigenvalue weighted by Gasteiger charge is 2.32. The van der Waals surface area contributed by atoms with Crippen molar-refractivity contribution in [2.45, 2.75) is 95.9 Å². The van der Waals surface area contributed by atoms with Crippen LogP contribution >= 0.6 is 0 Å². The summed E-state index contributed by atoms with van der Waals surface area (Å²) < 4.78 is 0. The van der Waals surface area contributed by atoms with E-state index in [1.807, 2.05) is 0 Å². The number of unbranched alkanes of at least 4 members (excludes halogenated alkanes) is 1. The van der Waals surface area contributed by atoms with Crippen molar-refractivity contribution in [3.63, 3.8) is 0 Å². The number of hydrogen-bond donors (Lipinski definition) is 9. The predicted octanol–water partition coefficient (Wildman–Crippen LogP) is -2.73. The van der Waals surface area contributed by atoms with Crippen molar-refractivity contribution in [1.82, 2.24) is 21.3 Å². The van der Waals surface area contributed by atoms with Crippen LogP contribution in [0.3, 0.4) is 0 Å². The maximum absolute atomic E-state index is 13.1. The van der Waals surface area contributed by atoms with Crippen LogP contribution in [0.2, 0.25) is 0 Å². The molecule has 0 saturated carbocycles. The molecule has 0 radical (unpaired) electrons. The fourth-order valence-electron chi connectivity index (χ4n) is 3.45. The minimum Gasteiger partial charge on any atom is -0.481 e. The number of amides is 5. The Morgan fingerprint density at radius 3 is 1.80 bits per heavy atom. The highest BCUT2D eigenvalue weighted by atomic mass is 16.4. The van der Waals surface area contributed by atoms with Crippen LogP contribution in [0.15, 0.2) is 0 Å². The lowest BCUT2D eigenvalue weighted by molar-refractivity contribution is -0.142. The number of carbonyl (C=O) groups is 7. The van der Waals surface area contributed by atoms with Gasteiger partial charge in [0.05, 0.1) is 6.04 Å². The maximum atomic E-state index is 13.1. The third-order valence-corrected chi connectivity index (χ3v) is 5.88. The number of carboxylic acids is 2. The molecule has 0 rings (SSSR count). The first-order valence-electron chi connectivity index (χ1n) is 13.0. The smallest absolute Gasteiger partial charge is 0.326 e. The van der Waals surface area contributed by atoms with Gasteiger partial charge in [0.1, 0.15) is 24.2 Å². The molecular weight excluding hydrogens is 530 g/mol. The molecule has 0 heterocycles. The molecule has 16 nitrogen and oxygen atoms in total. The zero-order chi connectivity index (χ0) is 31.0. The monoisotopic (exact) mass is 573 g/mol.